The van der Waals surface area contributed by atoms with Crippen LogP contribution in [0.3, 0.4) is 0 Å². The normalized spacial score (nSPS) is 20.8. The summed E-state index contributed by atoms with van der Waals surface area (Å²) in [7, 11) is 0. The number of fused-ring (bicyclic) bond motifs is 1. The van der Waals surface area contributed by atoms with Crippen LogP contribution in [0.4, 0.5) is 0 Å². The van der Waals surface area contributed by atoms with Gasteiger partial charge in [-0.2, -0.15) is 0 Å². The Morgan fingerprint density at radius 3 is 2.70 bits per heavy atom. The second kappa shape index (κ2) is 7.47. The van der Waals surface area contributed by atoms with E-state index < -0.39 is 0 Å². The van der Waals surface area contributed by atoms with Gasteiger partial charge in [-0.25, -0.2) is 9.97 Å². The van der Waals surface area contributed by atoms with E-state index in [1.54, 1.807) is 11.1 Å². The predicted molar refractivity (Wildman–Crippen MR) is 103 cm³/mol. The Balaban J connectivity index is 1.41. The van der Waals surface area contributed by atoms with Crippen molar-refractivity contribution in [2.24, 2.45) is 0 Å². The Kier molecular flexibility index (Phi) is 4.88. The highest BCUT2D eigenvalue weighted by Gasteiger charge is 2.37. The minimum absolute atomic E-state index is 0.0780. The molecule has 0 saturated carbocycles. The van der Waals surface area contributed by atoms with Crippen LogP contribution in [0, 0.1) is 0 Å². The monoisotopic (exact) mass is 364 g/mol. The van der Waals surface area contributed by atoms with E-state index in [-0.39, 0.29) is 17.9 Å². The van der Waals surface area contributed by atoms with Crippen LogP contribution in [0.25, 0.3) is 11.0 Å². The lowest BCUT2D eigenvalue weighted by molar-refractivity contribution is -0.142. The highest BCUT2D eigenvalue weighted by atomic mass is 16.2. The molecule has 0 aliphatic carbocycles. The van der Waals surface area contributed by atoms with Crippen LogP contribution in [-0.4, -0.2) is 57.3 Å². The van der Waals surface area contributed by atoms with Crippen LogP contribution in [0.15, 0.2) is 43.1 Å². The van der Waals surface area contributed by atoms with Crippen LogP contribution >= 0.6 is 0 Å². The molecule has 27 heavy (non-hydrogen) atoms. The van der Waals surface area contributed by atoms with Crippen molar-refractivity contribution in [3.8, 4) is 0 Å². The Morgan fingerprint density at radius 2 is 1.93 bits per heavy atom. The van der Waals surface area contributed by atoms with Crippen molar-refractivity contribution in [1.82, 2.24) is 19.8 Å². The molecule has 6 nitrogen and oxygen atoms in total. The molecule has 2 saturated heterocycles. The molecule has 2 aliphatic rings. The van der Waals surface area contributed by atoms with E-state index in [4.69, 9.17) is 4.98 Å². The van der Waals surface area contributed by atoms with Crippen molar-refractivity contribution in [1.29, 1.82) is 0 Å². The lowest BCUT2D eigenvalue weighted by Gasteiger charge is -2.35. The smallest absolute Gasteiger partial charge is 0.246 e. The van der Waals surface area contributed by atoms with Crippen LogP contribution in [0.2, 0.25) is 0 Å². The number of carbonyl (C=O) groups excluding carboxylic acids is 2. The second-order valence-electron chi connectivity index (χ2n) is 7.28. The third-order valence-electron chi connectivity index (χ3n) is 5.71. The molecular weight excluding hydrogens is 340 g/mol. The number of aromatic nitrogens is 2. The summed E-state index contributed by atoms with van der Waals surface area (Å²) in [4.78, 5) is 37.5. The minimum atomic E-state index is -0.324. The molecule has 2 aromatic rings. The maximum absolute atomic E-state index is 12.9. The first-order chi connectivity index (χ1) is 13.2. The Labute approximate surface area is 158 Å². The molecule has 1 atom stereocenters. The minimum Gasteiger partial charge on any atom is -0.341 e. The van der Waals surface area contributed by atoms with Crippen LogP contribution in [0.5, 0.6) is 0 Å². The van der Waals surface area contributed by atoms with E-state index in [1.165, 1.54) is 6.08 Å². The third kappa shape index (κ3) is 3.44. The number of amides is 2. The van der Waals surface area contributed by atoms with Gasteiger partial charge in [0.05, 0.1) is 0 Å². The van der Waals surface area contributed by atoms with Crippen molar-refractivity contribution in [2.45, 2.75) is 37.6 Å². The summed E-state index contributed by atoms with van der Waals surface area (Å²) in [6.45, 7) is 5.61. The highest BCUT2D eigenvalue weighted by Crippen LogP contribution is 2.29. The summed E-state index contributed by atoms with van der Waals surface area (Å²) in [5, 5.41) is 1.04. The summed E-state index contributed by atoms with van der Waals surface area (Å²) in [6, 6.07) is 7.75. The van der Waals surface area contributed by atoms with Crippen molar-refractivity contribution >= 4 is 22.8 Å². The van der Waals surface area contributed by atoms with Crippen molar-refractivity contribution in [3.63, 3.8) is 0 Å². The van der Waals surface area contributed by atoms with Gasteiger partial charge in [0.15, 0.2) is 5.65 Å². The van der Waals surface area contributed by atoms with E-state index in [9.17, 15) is 9.59 Å². The van der Waals surface area contributed by atoms with Gasteiger partial charge in [-0.15, -0.1) is 0 Å². The standard InChI is InChI=1S/C21H24N4O2/c1-2-19(26)25-12-4-6-18(25)21(27)24-13-9-15(10-14-24)17-8-7-16-5-3-11-22-20(16)23-17/h2-3,5,7-8,11,15,18H,1,4,6,9-10,12-14H2. The molecule has 6 heteroatoms. The molecule has 4 heterocycles. The van der Waals surface area contributed by atoms with Crippen LogP contribution in [0.1, 0.15) is 37.3 Å². The lowest BCUT2D eigenvalue weighted by atomic mass is 9.92. The van der Waals surface area contributed by atoms with E-state index in [2.05, 4.69) is 23.7 Å². The Bertz CT molecular complexity index is 873. The van der Waals surface area contributed by atoms with Gasteiger partial charge in [0.25, 0.3) is 0 Å². The Morgan fingerprint density at radius 1 is 1.11 bits per heavy atom. The number of hydrogen-bond donors (Lipinski definition) is 0. The highest BCUT2D eigenvalue weighted by molar-refractivity contribution is 5.93. The quantitative estimate of drug-likeness (QED) is 0.785. The average Bonchev–Trinajstić information content (AvgIpc) is 3.22. The summed E-state index contributed by atoms with van der Waals surface area (Å²) >= 11 is 0. The lowest BCUT2D eigenvalue weighted by Crippen LogP contribution is -2.49. The molecule has 0 radical (unpaired) electrons. The predicted octanol–water partition coefficient (Wildman–Crippen LogP) is 2.51. The van der Waals surface area contributed by atoms with Crippen molar-refractivity contribution in [2.75, 3.05) is 19.6 Å². The SMILES string of the molecule is C=CC(=O)N1CCCC1C(=O)N1CCC(c2ccc3cccnc3n2)CC1. The maximum atomic E-state index is 12.9. The van der Waals surface area contributed by atoms with Gasteiger partial charge in [-0.05, 0) is 56.0 Å². The van der Waals surface area contributed by atoms with Gasteiger partial charge >= 0.3 is 0 Å². The number of likely N-dealkylation sites (tertiary alicyclic amines) is 2. The van der Waals surface area contributed by atoms with Gasteiger partial charge in [-0.1, -0.05) is 6.58 Å². The van der Waals surface area contributed by atoms with E-state index in [0.29, 0.717) is 25.6 Å². The maximum Gasteiger partial charge on any atom is 0.246 e. The van der Waals surface area contributed by atoms with Crippen molar-refractivity contribution in [3.05, 3.63) is 48.8 Å². The molecule has 2 fully saturated rings. The van der Waals surface area contributed by atoms with Gasteiger partial charge in [0, 0.05) is 42.8 Å². The molecule has 1 unspecified atom stereocenters. The number of rotatable bonds is 3. The largest absolute Gasteiger partial charge is 0.341 e. The van der Waals surface area contributed by atoms with E-state index in [1.807, 2.05) is 17.0 Å². The van der Waals surface area contributed by atoms with Gasteiger partial charge in [0.2, 0.25) is 11.8 Å². The van der Waals surface area contributed by atoms with Crippen LogP contribution < -0.4 is 0 Å². The summed E-state index contributed by atoms with van der Waals surface area (Å²) in [6.07, 6.45) is 6.46. The number of piperidine rings is 1. The number of carbonyl (C=O) groups is 2. The second-order valence-corrected chi connectivity index (χ2v) is 7.28. The van der Waals surface area contributed by atoms with E-state index in [0.717, 1.165) is 42.4 Å². The number of nitrogens with zero attached hydrogens (tertiary/aromatic N) is 4. The molecule has 140 valence electrons. The third-order valence-corrected chi connectivity index (χ3v) is 5.71. The molecule has 2 aromatic heterocycles. The molecule has 0 N–H and O–H groups in total. The molecule has 2 aliphatic heterocycles. The fourth-order valence-corrected chi connectivity index (χ4v) is 4.21. The summed E-state index contributed by atoms with van der Waals surface area (Å²) in [5.74, 6) is 0.276. The van der Waals surface area contributed by atoms with Gasteiger partial charge in [0.1, 0.15) is 6.04 Å². The Hall–Kier alpha value is -2.76. The number of pyridine rings is 2. The molecular formula is C21H24N4O2. The van der Waals surface area contributed by atoms with Crippen molar-refractivity contribution < 1.29 is 9.59 Å². The molecule has 0 aromatic carbocycles. The van der Waals surface area contributed by atoms with Gasteiger partial charge in [-0.3, -0.25) is 9.59 Å². The fraction of sp³-hybridized carbons (Fsp3) is 0.429. The first kappa shape index (κ1) is 17.6. The molecule has 0 bridgehead atoms. The number of hydrogen-bond acceptors (Lipinski definition) is 4. The summed E-state index contributed by atoms with van der Waals surface area (Å²) < 4.78 is 0. The van der Waals surface area contributed by atoms with Gasteiger partial charge < -0.3 is 9.80 Å². The zero-order valence-corrected chi connectivity index (χ0v) is 15.4. The fourth-order valence-electron chi connectivity index (χ4n) is 4.21. The zero-order chi connectivity index (χ0) is 18.8. The first-order valence-electron chi connectivity index (χ1n) is 9.61. The van der Waals surface area contributed by atoms with Crippen LogP contribution in [-0.2, 0) is 9.59 Å². The molecule has 4 rings (SSSR count). The van der Waals surface area contributed by atoms with E-state index >= 15 is 0 Å². The zero-order valence-electron chi connectivity index (χ0n) is 15.4. The average molecular weight is 364 g/mol. The molecule has 2 amide bonds. The first-order valence-corrected chi connectivity index (χ1v) is 9.61. The topological polar surface area (TPSA) is 66.4 Å². The molecule has 0 spiro atoms. The summed E-state index contributed by atoms with van der Waals surface area (Å²) in [5.41, 5.74) is 1.83.